The lowest BCUT2D eigenvalue weighted by molar-refractivity contribution is 0.159. The molecular formula is C24H30FN3O. The van der Waals surface area contributed by atoms with Gasteiger partial charge >= 0.3 is 6.03 Å². The van der Waals surface area contributed by atoms with Crippen molar-refractivity contribution in [2.75, 3.05) is 31.1 Å². The predicted molar refractivity (Wildman–Crippen MR) is 115 cm³/mol. The highest BCUT2D eigenvalue weighted by atomic mass is 19.1. The van der Waals surface area contributed by atoms with Crippen molar-refractivity contribution in [3.63, 3.8) is 0 Å². The molecule has 2 amide bonds. The molecule has 0 aliphatic carbocycles. The van der Waals surface area contributed by atoms with E-state index in [1.807, 2.05) is 11.8 Å². The third kappa shape index (κ3) is 4.01. The molecular weight excluding hydrogens is 365 g/mol. The molecule has 0 saturated carbocycles. The summed E-state index contributed by atoms with van der Waals surface area (Å²) in [7, 11) is 0. The first-order valence-electron chi connectivity index (χ1n) is 10.6. The van der Waals surface area contributed by atoms with E-state index in [0.717, 1.165) is 50.1 Å². The second-order valence-corrected chi connectivity index (χ2v) is 8.53. The van der Waals surface area contributed by atoms with E-state index < -0.39 is 0 Å². The zero-order valence-corrected chi connectivity index (χ0v) is 17.4. The minimum Gasteiger partial charge on any atom is -0.338 e. The van der Waals surface area contributed by atoms with Crippen LogP contribution in [0, 0.1) is 12.7 Å². The molecule has 0 atom stereocenters. The topological polar surface area (TPSA) is 35.6 Å². The number of urea groups is 1. The first-order chi connectivity index (χ1) is 14.0. The molecule has 2 aromatic carbocycles. The van der Waals surface area contributed by atoms with Gasteiger partial charge in [0.2, 0.25) is 0 Å². The van der Waals surface area contributed by atoms with Crippen molar-refractivity contribution in [3.8, 4) is 0 Å². The summed E-state index contributed by atoms with van der Waals surface area (Å²) in [5, 5.41) is 2.98. The molecule has 0 unspecified atom stereocenters. The molecule has 4 rings (SSSR count). The molecule has 1 N–H and O–H groups in total. The van der Waals surface area contributed by atoms with Crippen LogP contribution >= 0.6 is 0 Å². The minimum absolute atomic E-state index is 0.0706. The van der Waals surface area contributed by atoms with E-state index in [4.69, 9.17) is 0 Å². The number of aryl methyl sites for hydroxylation is 1. The summed E-state index contributed by atoms with van der Waals surface area (Å²) in [4.78, 5) is 17.0. The zero-order valence-electron chi connectivity index (χ0n) is 17.4. The van der Waals surface area contributed by atoms with Crippen LogP contribution in [0.25, 0.3) is 0 Å². The van der Waals surface area contributed by atoms with Crippen LogP contribution in [-0.2, 0) is 12.0 Å². The lowest BCUT2D eigenvalue weighted by Crippen LogP contribution is -2.47. The number of benzene rings is 2. The minimum atomic E-state index is -0.221. The standard InChI is InChI=1S/C24H30FN3O/c1-3-11-26-23(29)28-17-24(21-15-20(25)7-8-22(21)28)9-12-27(13-10-24)16-19-6-4-5-18(2)14-19/h4-8,14-15H,3,9-13,16-17H2,1-2H3,(H,26,29). The first kappa shape index (κ1) is 19.9. The number of hydrogen-bond acceptors (Lipinski definition) is 2. The maximum atomic E-state index is 14.1. The summed E-state index contributed by atoms with van der Waals surface area (Å²) in [6.07, 6.45) is 2.77. The number of hydrogen-bond donors (Lipinski definition) is 1. The van der Waals surface area contributed by atoms with E-state index in [1.54, 1.807) is 12.1 Å². The molecule has 2 heterocycles. The monoisotopic (exact) mass is 395 g/mol. The summed E-state index contributed by atoms with van der Waals surface area (Å²) in [5.41, 5.74) is 4.33. The number of fused-ring (bicyclic) bond motifs is 2. The Morgan fingerprint density at radius 3 is 2.69 bits per heavy atom. The summed E-state index contributed by atoms with van der Waals surface area (Å²) in [6.45, 7) is 8.30. The Morgan fingerprint density at radius 1 is 1.17 bits per heavy atom. The van der Waals surface area contributed by atoms with E-state index in [0.29, 0.717) is 13.1 Å². The lowest BCUT2D eigenvalue weighted by atomic mass is 9.74. The average Bonchev–Trinajstić information content (AvgIpc) is 3.02. The molecule has 5 heteroatoms. The van der Waals surface area contributed by atoms with Gasteiger partial charge in [-0.2, -0.15) is 0 Å². The second-order valence-electron chi connectivity index (χ2n) is 8.53. The van der Waals surface area contributed by atoms with Crippen molar-refractivity contribution in [1.82, 2.24) is 10.2 Å². The van der Waals surface area contributed by atoms with Gasteiger partial charge in [0, 0.05) is 30.7 Å². The number of nitrogens with zero attached hydrogens (tertiary/aromatic N) is 2. The van der Waals surface area contributed by atoms with Gasteiger partial charge in [0.05, 0.1) is 0 Å². The summed E-state index contributed by atoms with van der Waals surface area (Å²) < 4.78 is 14.1. The van der Waals surface area contributed by atoms with E-state index in [2.05, 4.69) is 41.4 Å². The number of nitrogens with one attached hydrogen (secondary N) is 1. The highest BCUT2D eigenvalue weighted by Crippen LogP contribution is 2.47. The second kappa shape index (κ2) is 8.15. The van der Waals surface area contributed by atoms with Gasteiger partial charge in [-0.25, -0.2) is 9.18 Å². The Morgan fingerprint density at radius 2 is 1.97 bits per heavy atom. The van der Waals surface area contributed by atoms with Crippen molar-refractivity contribution >= 4 is 11.7 Å². The molecule has 2 aliphatic heterocycles. The Bertz CT molecular complexity index is 889. The van der Waals surface area contributed by atoms with Gasteiger partial charge < -0.3 is 5.32 Å². The van der Waals surface area contributed by atoms with Crippen LogP contribution in [0.3, 0.4) is 0 Å². The number of carbonyl (C=O) groups excluding carboxylic acids is 1. The Labute approximate surface area is 172 Å². The number of piperidine rings is 1. The van der Waals surface area contributed by atoms with Gasteiger partial charge in [0.1, 0.15) is 5.82 Å². The summed E-state index contributed by atoms with van der Waals surface area (Å²) >= 11 is 0. The highest BCUT2D eigenvalue weighted by molar-refractivity contribution is 5.95. The third-order valence-electron chi connectivity index (χ3n) is 6.35. The maximum Gasteiger partial charge on any atom is 0.321 e. The maximum absolute atomic E-state index is 14.1. The number of anilines is 1. The van der Waals surface area contributed by atoms with Crippen LogP contribution in [0.4, 0.5) is 14.9 Å². The zero-order chi connectivity index (χ0) is 20.4. The molecule has 0 bridgehead atoms. The number of rotatable bonds is 4. The predicted octanol–water partition coefficient (Wildman–Crippen LogP) is 4.61. The largest absolute Gasteiger partial charge is 0.338 e. The fraction of sp³-hybridized carbons (Fsp3) is 0.458. The molecule has 1 spiro atoms. The van der Waals surface area contributed by atoms with Gasteiger partial charge in [-0.1, -0.05) is 36.8 Å². The molecule has 154 valence electrons. The highest BCUT2D eigenvalue weighted by Gasteiger charge is 2.46. The van der Waals surface area contributed by atoms with Crippen LogP contribution in [0.1, 0.15) is 42.9 Å². The first-order valence-corrected chi connectivity index (χ1v) is 10.6. The molecule has 29 heavy (non-hydrogen) atoms. The molecule has 1 saturated heterocycles. The van der Waals surface area contributed by atoms with Gasteiger partial charge in [0.25, 0.3) is 0 Å². The molecule has 0 aromatic heterocycles. The molecule has 2 aliphatic rings. The number of carbonyl (C=O) groups is 1. The van der Waals surface area contributed by atoms with Crippen LogP contribution in [0.2, 0.25) is 0 Å². The van der Waals surface area contributed by atoms with Crippen molar-refractivity contribution in [1.29, 1.82) is 0 Å². The van der Waals surface area contributed by atoms with Gasteiger partial charge in [0.15, 0.2) is 0 Å². The van der Waals surface area contributed by atoms with Crippen LogP contribution < -0.4 is 10.2 Å². The van der Waals surface area contributed by atoms with E-state index >= 15 is 0 Å². The Hall–Kier alpha value is -2.40. The molecule has 1 fully saturated rings. The number of likely N-dealkylation sites (tertiary alicyclic amines) is 1. The van der Waals surface area contributed by atoms with Crippen molar-refractivity contribution in [2.24, 2.45) is 0 Å². The quantitative estimate of drug-likeness (QED) is 0.821. The van der Waals surface area contributed by atoms with Crippen molar-refractivity contribution < 1.29 is 9.18 Å². The van der Waals surface area contributed by atoms with Crippen LogP contribution in [0.15, 0.2) is 42.5 Å². The van der Waals surface area contributed by atoms with Gasteiger partial charge in [-0.15, -0.1) is 0 Å². The van der Waals surface area contributed by atoms with E-state index in [1.165, 1.54) is 17.2 Å². The Balaban J connectivity index is 1.51. The number of amides is 2. The van der Waals surface area contributed by atoms with Crippen molar-refractivity contribution in [3.05, 3.63) is 65.0 Å². The molecule has 2 aromatic rings. The average molecular weight is 396 g/mol. The van der Waals surface area contributed by atoms with Crippen LogP contribution in [-0.4, -0.2) is 37.1 Å². The fourth-order valence-corrected chi connectivity index (χ4v) is 4.79. The fourth-order valence-electron chi connectivity index (χ4n) is 4.79. The number of halogens is 1. The molecule has 0 radical (unpaired) electrons. The third-order valence-corrected chi connectivity index (χ3v) is 6.35. The summed E-state index contributed by atoms with van der Waals surface area (Å²) in [5.74, 6) is -0.221. The molecule has 4 nitrogen and oxygen atoms in total. The van der Waals surface area contributed by atoms with E-state index in [-0.39, 0.29) is 17.3 Å². The van der Waals surface area contributed by atoms with Gasteiger partial charge in [-0.3, -0.25) is 9.80 Å². The Kier molecular flexibility index (Phi) is 5.59. The van der Waals surface area contributed by atoms with E-state index in [9.17, 15) is 9.18 Å². The van der Waals surface area contributed by atoms with Gasteiger partial charge in [-0.05, 0) is 68.6 Å². The van der Waals surface area contributed by atoms with Crippen LogP contribution in [0.5, 0.6) is 0 Å². The summed E-state index contributed by atoms with van der Waals surface area (Å²) in [6, 6.07) is 13.5. The lowest BCUT2D eigenvalue weighted by Gasteiger charge is -2.40. The smallest absolute Gasteiger partial charge is 0.321 e. The van der Waals surface area contributed by atoms with Crippen molar-refractivity contribution in [2.45, 2.75) is 45.1 Å². The normalized spacial score (nSPS) is 18.1. The SMILES string of the molecule is CCCNC(=O)N1CC2(CCN(Cc3cccc(C)c3)CC2)c2cc(F)ccc21.